The van der Waals surface area contributed by atoms with Crippen molar-refractivity contribution in [2.24, 2.45) is 5.41 Å². The topological polar surface area (TPSA) is 66.8 Å². The third kappa shape index (κ3) is 3.05. The van der Waals surface area contributed by atoms with Crippen LogP contribution in [0.5, 0.6) is 0 Å². The molecular formula is C15H18FNO4. The number of methoxy groups -OCH3 is 1. The van der Waals surface area contributed by atoms with Gasteiger partial charge in [0.2, 0.25) is 0 Å². The Labute approximate surface area is 122 Å². The van der Waals surface area contributed by atoms with Gasteiger partial charge >= 0.3 is 5.97 Å². The molecule has 0 aromatic heterocycles. The molecule has 1 aliphatic rings. The van der Waals surface area contributed by atoms with Crippen molar-refractivity contribution >= 4 is 11.9 Å². The average Bonchev–Trinajstić information content (AvgIpc) is 2.83. The van der Waals surface area contributed by atoms with Gasteiger partial charge in [-0.1, -0.05) is 0 Å². The molecule has 1 amide bonds. The normalized spacial score (nSPS) is 21.6. The lowest BCUT2D eigenvalue weighted by Gasteiger charge is -2.23. The Kier molecular flexibility index (Phi) is 4.27. The van der Waals surface area contributed by atoms with E-state index in [1.54, 1.807) is 13.0 Å². The van der Waals surface area contributed by atoms with E-state index < -0.39 is 17.2 Å². The van der Waals surface area contributed by atoms with Crippen molar-refractivity contribution in [3.05, 3.63) is 35.1 Å². The van der Waals surface area contributed by atoms with Crippen molar-refractivity contribution in [2.45, 2.75) is 13.3 Å². The number of carboxylic acids is 1. The summed E-state index contributed by atoms with van der Waals surface area (Å²) in [7, 11) is 1.44. The van der Waals surface area contributed by atoms with Crippen molar-refractivity contribution in [1.82, 2.24) is 4.90 Å². The predicted octanol–water partition coefficient (Wildman–Crippen LogP) is 1.70. The van der Waals surface area contributed by atoms with E-state index >= 15 is 0 Å². The van der Waals surface area contributed by atoms with Gasteiger partial charge in [0.25, 0.3) is 5.91 Å². The molecule has 114 valence electrons. The van der Waals surface area contributed by atoms with Gasteiger partial charge in [-0.05, 0) is 37.1 Å². The number of ether oxygens (including phenoxy) is 1. The molecule has 2 rings (SSSR count). The van der Waals surface area contributed by atoms with Crippen LogP contribution in [0.4, 0.5) is 4.39 Å². The number of aryl methyl sites for hydroxylation is 1. The van der Waals surface area contributed by atoms with Crippen molar-refractivity contribution in [2.75, 3.05) is 26.8 Å². The zero-order valence-electron chi connectivity index (χ0n) is 12.1. The molecule has 1 aromatic carbocycles. The number of hydrogen-bond acceptors (Lipinski definition) is 3. The number of amides is 1. The van der Waals surface area contributed by atoms with Crippen LogP contribution in [0.15, 0.2) is 18.2 Å². The first-order chi connectivity index (χ1) is 9.88. The molecule has 1 atom stereocenters. The van der Waals surface area contributed by atoms with E-state index in [2.05, 4.69) is 0 Å². The quantitative estimate of drug-likeness (QED) is 0.918. The fourth-order valence-corrected chi connectivity index (χ4v) is 2.72. The van der Waals surface area contributed by atoms with Crippen LogP contribution in [-0.2, 0) is 9.53 Å². The van der Waals surface area contributed by atoms with E-state index in [9.17, 15) is 19.1 Å². The lowest BCUT2D eigenvalue weighted by molar-refractivity contribution is -0.151. The number of carbonyl (C=O) groups excluding carboxylic acids is 1. The summed E-state index contributed by atoms with van der Waals surface area (Å²) in [5.74, 6) is -1.80. The van der Waals surface area contributed by atoms with Gasteiger partial charge in [0, 0.05) is 25.8 Å². The SMILES string of the molecule is COCC1(C(=O)O)CCN(C(=O)c2cc(C)cc(F)c2)C1. The van der Waals surface area contributed by atoms with Gasteiger partial charge in [0.15, 0.2) is 0 Å². The number of halogens is 1. The Balaban J connectivity index is 2.20. The average molecular weight is 295 g/mol. The minimum absolute atomic E-state index is 0.0499. The number of hydrogen-bond donors (Lipinski definition) is 1. The fraction of sp³-hybridized carbons (Fsp3) is 0.467. The fourth-order valence-electron chi connectivity index (χ4n) is 2.72. The summed E-state index contributed by atoms with van der Waals surface area (Å²) in [5.41, 5.74) is -0.183. The molecule has 1 N–H and O–H groups in total. The summed E-state index contributed by atoms with van der Waals surface area (Å²) in [6.45, 7) is 2.15. The molecule has 0 radical (unpaired) electrons. The van der Waals surface area contributed by atoms with Crippen LogP contribution in [0.1, 0.15) is 22.3 Å². The number of benzene rings is 1. The molecule has 6 heteroatoms. The molecular weight excluding hydrogens is 277 g/mol. The highest BCUT2D eigenvalue weighted by Gasteiger charge is 2.46. The molecule has 1 fully saturated rings. The zero-order valence-corrected chi connectivity index (χ0v) is 12.1. The summed E-state index contributed by atoms with van der Waals surface area (Å²) >= 11 is 0. The Hall–Kier alpha value is -1.95. The van der Waals surface area contributed by atoms with Gasteiger partial charge in [0.05, 0.1) is 6.61 Å². The number of nitrogens with zero attached hydrogens (tertiary/aromatic N) is 1. The second kappa shape index (κ2) is 5.81. The first kappa shape index (κ1) is 15.4. The first-order valence-electron chi connectivity index (χ1n) is 6.67. The minimum atomic E-state index is -1.08. The van der Waals surface area contributed by atoms with Crippen LogP contribution in [0.3, 0.4) is 0 Å². The van der Waals surface area contributed by atoms with E-state index in [0.717, 1.165) is 0 Å². The van der Waals surface area contributed by atoms with Gasteiger partial charge in [-0.3, -0.25) is 9.59 Å². The minimum Gasteiger partial charge on any atom is -0.481 e. The molecule has 5 nitrogen and oxygen atoms in total. The van der Waals surface area contributed by atoms with Crippen molar-refractivity contribution in [3.63, 3.8) is 0 Å². The Morgan fingerprint density at radius 1 is 1.43 bits per heavy atom. The molecule has 0 bridgehead atoms. The largest absolute Gasteiger partial charge is 0.481 e. The Bertz CT molecular complexity index is 555. The molecule has 1 saturated heterocycles. The maximum absolute atomic E-state index is 13.4. The van der Waals surface area contributed by atoms with E-state index in [4.69, 9.17) is 4.74 Å². The van der Waals surface area contributed by atoms with Crippen molar-refractivity contribution in [3.8, 4) is 0 Å². The first-order valence-corrected chi connectivity index (χ1v) is 6.67. The highest BCUT2D eigenvalue weighted by molar-refractivity contribution is 5.95. The molecule has 0 saturated carbocycles. The summed E-state index contributed by atoms with van der Waals surface area (Å²) in [6, 6.07) is 4.11. The maximum Gasteiger partial charge on any atom is 0.313 e. The van der Waals surface area contributed by atoms with Gasteiger partial charge in [0.1, 0.15) is 11.2 Å². The van der Waals surface area contributed by atoms with E-state index in [0.29, 0.717) is 18.5 Å². The number of aliphatic carboxylic acids is 1. The van der Waals surface area contributed by atoms with Crippen LogP contribution in [0.2, 0.25) is 0 Å². The molecule has 1 aromatic rings. The third-order valence-electron chi connectivity index (χ3n) is 3.80. The zero-order chi connectivity index (χ0) is 15.6. The molecule has 1 heterocycles. The van der Waals surface area contributed by atoms with Crippen molar-refractivity contribution in [1.29, 1.82) is 0 Å². The third-order valence-corrected chi connectivity index (χ3v) is 3.80. The number of rotatable bonds is 4. The van der Waals surface area contributed by atoms with Crippen LogP contribution in [0.25, 0.3) is 0 Å². The number of carbonyl (C=O) groups is 2. The van der Waals surface area contributed by atoms with Crippen LogP contribution in [0, 0.1) is 18.2 Å². The highest BCUT2D eigenvalue weighted by atomic mass is 19.1. The smallest absolute Gasteiger partial charge is 0.313 e. The second-order valence-electron chi connectivity index (χ2n) is 5.51. The Morgan fingerprint density at radius 2 is 2.14 bits per heavy atom. The van der Waals surface area contributed by atoms with Gasteiger partial charge < -0.3 is 14.7 Å². The van der Waals surface area contributed by atoms with Gasteiger partial charge in [-0.25, -0.2) is 4.39 Å². The van der Waals surface area contributed by atoms with Crippen LogP contribution in [-0.4, -0.2) is 48.7 Å². The van der Waals surface area contributed by atoms with Crippen LogP contribution < -0.4 is 0 Å². The second-order valence-corrected chi connectivity index (χ2v) is 5.51. The number of carboxylic acid groups (broad SMARTS) is 1. The molecule has 0 aliphatic carbocycles. The molecule has 0 spiro atoms. The molecule has 1 unspecified atom stereocenters. The van der Waals surface area contributed by atoms with E-state index in [1.807, 2.05) is 0 Å². The lowest BCUT2D eigenvalue weighted by atomic mass is 9.88. The monoisotopic (exact) mass is 295 g/mol. The number of likely N-dealkylation sites (tertiary alicyclic amines) is 1. The predicted molar refractivity (Wildman–Crippen MR) is 73.6 cm³/mol. The Morgan fingerprint density at radius 3 is 2.71 bits per heavy atom. The lowest BCUT2D eigenvalue weighted by Crippen LogP contribution is -2.40. The van der Waals surface area contributed by atoms with E-state index in [1.165, 1.54) is 24.1 Å². The maximum atomic E-state index is 13.4. The molecule has 1 aliphatic heterocycles. The van der Waals surface area contributed by atoms with Gasteiger partial charge in [-0.2, -0.15) is 0 Å². The van der Waals surface area contributed by atoms with Crippen LogP contribution >= 0.6 is 0 Å². The summed E-state index contributed by atoms with van der Waals surface area (Å²) in [6.07, 6.45) is 0.330. The van der Waals surface area contributed by atoms with Crippen molar-refractivity contribution < 1.29 is 23.8 Å². The summed E-state index contributed by atoms with van der Waals surface area (Å²) in [5, 5.41) is 9.38. The highest BCUT2D eigenvalue weighted by Crippen LogP contribution is 2.32. The summed E-state index contributed by atoms with van der Waals surface area (Å²) < 4.78 is 18.4. The molecule has 21 heavy (non-hydrogen) atoms. The van der Waals surface area contributed by atoms with E-state index in [-0.39, 0.29) is 24.6 Å². The van der Waals surface area contributed by atoms with Gasteiger partial charge in [-0.15, -0.1) is 0 Å². The summed E-state index contributed by atoms with van der Waals surface area (Å²) in [4.78, 5) is 25.3. The standard InChI is InChI=1S/C15H18FNO4/c1-10-5-11(7-12(16)6-10)13(18)17-4-3-15(8-17,9-21-2)14(19)20/h5-7H,3-4,8-9H2,1-2H3,(H,19,20).